The van der Waals surface area contributed by atoms with Crippen LogP contribution in [0.4, 0.5) is 11.9 Å². The quantitative estimate of drug-likeness (QED) is 0.875. The molecule has 0 bridgehead atoms. The molecule has 102 valence electrons. The maximum Gasteiger partial charge on any atom is 0.230 e. The number of thiophene rings is 1. The zero-order valence-electron chi connectivity index (χ0n) is 10.6. The van der Waals surface area contributed by atoms with E-state index in [1.54, 1.807) is 6.07 Å². The molecule has 0 saturated carbocycles. The van der Waals surface area contributed by atoms with E-state index in [4.69, 9.17) is 15.7 Å². The molecule has 3 rings (SSSR count). The highest BCUT2D eigenvalue weighted by molar-refractivity contribution is 7.15. The summed E-state index contributed by atoms with van der Waals surface area (Å²) in [5, 5.41) is 8.87. The van der Waals surface area contributed by atoms with Crippen LogP contribution < -0.4 is 10.6 Å². The lowest BCUT2D eigenvalue weighted by atomic mass is 10.4. The van der Waals surface area contributed by atoms with Crippen molar-refractivity contribution in [1.29, 1.82) is 5.26 Å². The van der Waals surface area contributed by atoms with Gasteiger partial charge in [0.1, 0.15) is 10.9 Å². The van der Waals surface area contributed by atoms with Gasteiger partial charge in [0.2, 0.25) is 11.9 Å². The monoisotopic (exact) mass is 288 g/mol. The SMILES string of the molecule is N#Cc1ccc(-c2nc(N)nc(N3CCOCC3)n2)s1. The van der Waals surface area contributed by atoms with Crippen molar-refractivity contribution in [2.45, 2.75) is 0 Å². The van der Waals surface area contributed by atoms with Crippen LogP contribution in [0.15, 0.2) is 12.1 Å². The molecule has 1 fully saturated rings. The smallest absolute Gasteiger partial charge is 0.230 e. The molecule has 0 spiro atoms. The molecule has 2 aromatic heterocycles. The van der Waals surface area contributed by atoms with Crippen LogP contribution in [-0.4, -0.2) is 41.3 Å². The Morgan fingerprint density at radius 2 is 2.05 bits per heavy atom. The molecule has 0 aromatic carbocycles. The minimum Gasteiger partial charge on any atom is -0.378 e. The first-order valence-electron chi connectivity index (χ1n) is 6.11. The van der Waals surface area contributed by atoms with E-state index in [1.807, 2.05) is 11.0 Å². The highest BCUT2D eigenvalue weighted by Gasteiger charge is 2.17. The van der Waals surface area contributed by atoms with E-state index in [9.17, 15) is 0 Å². The van der Waals surface area contributed by atoms with Gasteiger partial charge in [0.15, 0.2) is 5.82 Å². The first-order valence-corrected chi connectivity index (χ1v) is 6.92. The number of ether oxygens (including phenoxy) is 1. The van der Waals surface area contributed by atoms with Gasteiger partial charge in [0, 0.05) is 13.1 Å². The van der Waals surface area contributed by atoms with Gasteiger partial charge >= 0.3 is 0 Å². The minimum absolute atomic E-state index is 0.184. The number of anilines is 2. The average molecular weight is 288 g/mol. The van der Waals surface area contributed by atoms with Gasteiger partial charge in [-0.2, -0.15) is 20.2 Å². The van der Waals surface area contributed by atoms with Crippen molar-refractivity contribution in [3.8, 4) is 16.8 Å². The number of hydrogen-bond acceptors (Lipinski definition) is 8. The predicted octanol–water partition coefficient (Wildman–Crippen LogP) is 0.891. The molecule has 8 heteroatoms. The maximum absolute atomic E-state index is 8.87. The second-order valence-corrected chi connectivity index (χ2v) is 5.28. The lowest BCUT2D eigenvalue weighted by Gasteiger charge is -2.26. The standard InChI is InChI=1S/C12H12N6OS/c13-7-8-1-2-9(20-8)10-15-11(14)17-12(16-10)18-3-5-19-6-4-18/h1-2H,3-6H2,(H2,14,15,16,17). The summed E-state index contributed by atoms with van der Waals surface area (Å²) in [6, 6.07) is 5.66. The number of nitrogen functional groups attached to an aromatic ring is 1. The Hall–Kier alpha value is -2.24. The fraction of sp³-hybridized carbons (Fsp3) is 0.333. The van der Waals surface area contributed by atoms with Gasteiger partial charge in [-0.25, -0.2) is 0 Å². The lowest BCUT2D eigenvalue weighted by molar-refractivity contribution is 0.122. The molecule has 0 radical (unpaired) electrons. The molecule has 0 amide bonds. The molecule has 0 unspecified atom stereocenters. The number of hydrogen-bond donors (Lipinski definition) is 1. The van der Waals surface area contributed by atoms with Gasteiger partial charge in [0.25, 0.3) is 0 Å². The van der Waals surface area contributed by atoms with Crippen molar-refractivity contribution >= 4 is 23.2 Å². The fourth-order valence-electron chi connectivity index (χ4n) is 1.91. The number of morpholine rings is 1. The molecule has 0 atom stereocenters. The highest BCUT2D eigenvalue weighted by Crippen LogP contribution is 2.26. The van der Waals surface area contributed by atoms with Crippen LogP contribution in [0.2, 0.25) is 0 Å². The van der Waals surface area contributed by atoms with E-state index >= 15 is 0 Å². The van der Waals surface area contributed by atoms with Crippen LogP contribution in [0.25, 0.3) is 10.7 Å². The molecule has 2 aromatic rings. The predicted molar refractivity (Wildman–Crippen MR) is 75.3 cm³/mol. The van der Waals surface area contributed by atoms with Gasteiger partial charge in [0.05, 0.1) is 18.1 Å². The molecule has 1 aliphatic rings. The molecular formula is C12H12N6OS. The van der Waals surface area contributed by atoms with Gasteiger partial charge in [-0.05, 0) is 12.1 Å². The van der Waals surface area contributed by atoms with E-state index in [0.717, 1.165) is 18.0 Å². The molecule has 1 saturated heterocycles. The second kappa shape index (κ2) is 5.40. The topological polar surface area (TPSA) is 101 Å². The van der Waals surface area contributed by atoms with Crippen molar-refractivity contribution < 1.29 is 4.74 Å². The first-order chi connectivity index (χ1) is 9.76. The Labute approximate surface area is 119 Å². The summed E-state index contributed by atoms with van der Waals surface area (Å²) in [6.07, 6.45) is 0. The highest BCUT2D eigenvalue weighted by atomic mass is 32.1. The van der Waals surface area contributed by atoms with Gasteiger partial charge in [-0.1, -0.05) is 0 Å². The summed E-state index contributed by atoms with van der Waals surface area (Å²) < 4.78 is 5.31. The molecule has 1 aliphatic heterocycles. The largest absolute Gasteiger partial charge is 0.378 e. The van der Waals surface area contributed by atoms with Crippen molar-refractivity contribution in [2.75, 3.05) is 36.9 Å². The Morgan fingerprint density at radius 1 is 1.25 bits per heavy atom. The molecule has 20 heavy (non-hydrogen) atoms. The van der Waals surface area contributed by atoms with E-state index in [0.29, 0.717) is 29.9 Å². The van der Waals surface area contributed by atoms with Crippen LogP contribution in [-0.2, 0) is 4.74 Å². The van der Waals surface area contributed by atoms with E-state index in [-0.39, 0.29) is 5.95 Å². The summed E-state index contributed by atoms with van der Waals surface area (Å²) in [5.74, 6) is 1.25. The number of rotatable bonds is 2. The van der Waals surface area contributed by atoms with Crippen molar-refractivity contribution in [1.82, 2.24) is 15.0 Å². The van der Waals surface area contributed by atoms with Crippen molar-refractivity contribution in [3.05, 3.63) is 17.0 Å². The zero-order chi connectivity index (χ0) is 13.9. The number of aromatic nitrogens is 3. The Balaban J connectivity index is 1.95. The fourth-order valence-corrected chi connectivity index (χ4v) is 2.65. The summed E-state index contributed by atoms with van der Waals surface area (Å²) in [6.45, 7) is 2.77. The zero-order valence-corrected chi connectivity index (χ0v) is 11.4. The van der Waals surface area contributed by atoms with Gasteiger partial charge < -0.3 is 15.4 Å². The van der Waals surface area contributed by atoms with Gasteiger partial charge in [-0.3, -0.25) is 0 Å². The average Bonchev–Trinajstić information content (AvgIpc) is 2.96. The summed E-state index contributed by atoms with van der Waals surface area (Å²) in [4.78, 5) is 16.2. The Kier molecular flexibility index (Phi) is 3.45. The molecule has 0 aliphatic carbocycles. The van der Waals surface area contributed by atoms with Gasteiger partial charge in [-0.15, -0.1) is 11.3 Å². The summed E-state index contributed by atoms with van der Waals surface area (Å²) >= 11 is 1.34. The molecular weight excluding hydrogens is 276 g/mol. The third-order valence-electron chi connectivity index (χ3n) is 2.87. The van der Waals surface area contributed by atoms with Crippen LogP contribution in [0.3, 0.4) is 0 Å². The maximum atomic E-state index is 8.87. The van der Waals surface area contributed by atoms with E-state index in [1.165, 1.54) is 11.3 Å². The van der Waals surface area contributed by atoms with Crippen molar-refractivity contribution in [2.24, 2.45) is 0 Å². The van der Waals surface area contributed by atoms with E-state index in [2.05, 4.69) is 21.0 Å². The van der Waals surface area contributed by atoms with Crippen molar-refractivity contribution in [3.63, 3.8) is 0 Å². The number of nitrogens with two attached hydrogens (primary N) is 1. The molecule has 7 nitrogen and oxygen atoms in total. The van der Waals surface area contributed by atoms with E-state index < -0.39 is 0 Å². The molecule has 2 N–H and O–H groups in total. The first kappa shape index (κ1) is 12.8. The third kappa shape index (κ3) is 2.54. The van der Waals surface area contributed by atoms with Crippen LogP contribution in [0, 0.1) is 11.3 Å². The third-order valence-corrected chi connectivity index (χ3v) is 3.86. The summed E-state index contributed by atoms with van der Waals surface area (Å²) in [5.41, 5.74) is 5.76. The minimum atomic E-state index is 0.184. The molecule has 3 heterocycles. The Morgan fingerprint density at radius 3 is 2.75 bits per heavy atom. The van der Waals surface area contributed by atoms with Crippen LogP contribution >= 0.6 is 11.3 Å². The van der Waals surface area contributed by atoms with Crippen LogP contribution in [0.1, 0.15) is 4.88 Å². The lowest BCUT2D eigenvalue weighted by Crippen LogP contribution is -2.37. The second-order valence-electron chi connectivity index (χ2n) is 4.19. The normalized spacial score (nSPS) is 15.1. The Bertz CT molecular complexity index is 658. The van der Waals surface area contributed by atoms with Crippen LogP contribution in [0.5, 0.6) is 0 Å². The summed E-state index contributed by atoms with van der Waals surface area (Å²) in [7, 11) is 0. The number of nitriles is 1. The number of nitrogens with zero attached hydrogens (tertiary/aromatic N) is 5.